The Bertz CT molecular complexity index is 556. The van der Waals surface area contributed by atoms with Crippen LogP contribution in [0, 0.1) is 0 Å². The molecule has 0 saturated carbocycles. The molecule has 2 amide bonds. The van der Waals surface area contributed by atoms with Gasteiger partial charge in [0.15, 0.2) is 0 Å². The molecule has 1 N–H and O–H groups in total. The number of likely N-dealkylation sites (N-methyl/N-ethyl adjacent to an activating group) is 1. The van der Waals surface area contributed by atoms with Crippen molar-refractivity contribution in [2.45, 2.75) is 13.5 Å². The lowest BCUT2D eigenvalue weighted by molar-refractivity contribution is -0.150. The lowest BCUT2D eigenvalue weighted by Crippen LogP contribution is -2.53. The first kappa shape index (κ1) is 14.0. The van der Waals surface area contributed by atoms with Crippen molar-refractivity contribution in [1.29, 1.82) is 0 Å². The number of rotatable bonds is 4. The highest BCUT2D eigenvalue weighted by Crippen LogP contribution is 2.12. The van der Waals surface area contributed by atoms with Crippen LogP contribution in [-0.2, 0) is 16.1 Å². The third-order valence-corrected chi connectivity index (χ3v) is 3.29. The Morgan fingerprint density at radius 2 is 1.85 bits per heavy atom. The number of carbonyl (C=O) groups is 3. The van der Waals surface area contributed by atoms with E-state index in [9.17, 15) is 14.4 Å². The molecule has 1 aromatic carbocycles. The molecule has 1 aliphatic rings. The van der Waals surface area contributed by atoms with E-state index in [0.717, 1.165) is 0 Å². The highest BCUT2D eigenvalue weighted by atomic mass is 16.4. The van der Waals surface area contributed by atoms with Gasteiger partial charge in [-0.05, 0) is 24.6 Å². The van der Waals surface area contributed by atoms with Crippen LogP contribution in [0.2, 0.25) is 0 Å². The summed E-state index contributed by atoms with van der Waals surface area (Å²) in [6.07, 6.45) is 0. The fraction of sp³-hybridized carbons (Fsp3) is 0.357. The molecular formula is C14H16N2O4. The van der Waals surface area contributed by atoms with Crippen LogP contribution in [0.3, 0.4) is 0 Å². The number of carbonyl (C=O) groups excluding carboxylic acids is 2. The molecule has 0 aliphatic carbocycles. The van der Waals surface area contributed by atoms with Crippen molar-refractivity contribution in [3.63, 3.8) is 0 Å². The molecule has 1 fully saturated rings. The SMILES string of the molecule is CCN1CC(=O)N(Cc2cccc(C(=O)O)c2)CC1=O. The van der Waals surface area contributed by atoms with Crippen molar-refractivity contribution in [1.82, 2.24) is 9.80 Å². The Labute approximate surface area is 116 Å². The highest BCUT2D eigenvalue weighted by molar-refractivity contribution is 5.92. The monoisotopic (exact) mass is 276 g/mol. The number of carboxylic acid groups (broad SMARTS) is 1. The van der Waals surface area contributed by atoms with Gasteiger partial charge in [-0.25, -0.2) is 4.79 Å². The van der Waals surface area contributed by atoms with Crippen LogP contribution < -0.4 is 0 Å². The zero-order valence-electron chi connectivity index (χ0n) is 11.2. The summed E-state index contributed by atoms with van der Waals surface area (Å²) in [6.45, 7) is 2.74. The van der Waals surface area contributed by atoms with Gasteiger partial charge in [0.2, 0.25) is 11.8 Å². The normalized spacial score (nSPS) is 15.7. The molecule has 1 aliphatic heterocycles. The molecule has 2 rings (SSSR count). The number of piperazine rings is 1. The molecule has 0 radical (unpaired) electrons. The molecule has 6 heteroatoms. The van der Waals surface area contributed by atoms with E-state index in [0.29, 0.717) is 12.1 Å². The molecule has 0 atom stereocenters. The first-order valence-corrected chi connectivity index (χ1v) is 6.39. The van der Waals surface area contributed by atoms with E-state index < -0.39 is 5.97 Å². The van der Waals surface area contributed by atoms with Crippen molar-refractivity contribution in [2.75, 3.05) is 19.6 Å². The second-order valence-electron chi connectivity index (χ2n) is 4.66. The number of amides is 2. The van der Waals surface area contributed by atoms with E-state index in [1.807, 2.05) is 6.92 Å². The summed E-state index contributed by atoms with van der Waals surface area (Å²) in [5, 5.41) is 8.93. The average molecular weight is 276 g/mol. The molecular weight excluding hydrogens is 260 g/mol. The number of aromatic carboxylic acids is 1. The van der Waals surface area contributed by atoms with Crippen LogP contribution in [-0.4, -0.2) is 52.3 Å². The van der Waals surface area contributed by atoms with E-state index >= 15 is 0 Å². The maximum absolute atomic E-state index is 11.9. The van der Waals surface area contributed by atoms with Gasteiger partial charge < -0.3 is 14.9 Å². The molecule has 0 bridgehead atoms. The lowest BCUT2D eigenvalue weighted by atomic mass is 10.1. The van der Waals surface area contributed by atoms with Crippen molar-refractivity contribution < 1.29 is 19.5 Å². The molecule has 0 unspecified atom stereocenters. The van der Waals surface area contributed by atoms with Crippen LogP contribution in [0.4, 0.5) is 0 Å². The maximum atomic E-state index is 11.9. The Hall–Kier alpha value is -2.37. The summed E-state index contributed by atoms with van der Waals surface area (Å²) in [6, 6.07) is 6.39. The van der Waals surface area contributed by atoms with E-state index in [-0.39, 0.29) is 37.0 Å². The zero-order chi connectivity index (χ0) is 14.7. The first-order valence-electron chi connectivity index (χ1n) is 6.39. The Morgan fingerprint density at radius 3 is 2.50 bits per heavy atom. The van der Waals surface area contributed by atoms with Crippen molar-refractivity contribution in [3.8, 4) is 0 Å². The summed E-state index contributed by atoms with van der Waals surface area (Å²) in [7, 11) is 0. The fourth-order valence-electron chi connectivity index (χ4n) is 2.16. The summed E-state index contributed by atoms with van der Waals surface area (Å²) < 4.78 is 0. The van der Waals surface area contributed by atoms with Gasteiger partial charge in [-0.15, -0.1) is 0 Å². The quantitative estimate of drug-likeness (QED) is 0.872. The molecule has 1 heterocycles. The summed E-state index contributed by atoms with van der Waals surface area (Å²) in [5.74, 6) is -1.21. The minimum absolute atomic E-state index is 0.0456. The standard InChI is InChI=1S/C14H16N2O4/c1-2-15-8-13(18)16(9-12(15)17)7-10-4-3-5-11(6-10)14(19)20/h3-6H,2,7-9H2,1H3,(H,19,20). The second kappa shape index (κ2) is 5.73. The number of nitrogens with zero attached hydrogens (tertiary/aromatic N) is 2. The van der Waals surface area contributed by atoms with Crippen LogP contribution in [0.5, 0.6) is 0 Å². The van der Waals surface area contributed by atoms with E-state index in [1.54, 1.807) is 12.1 Å². The van der Waals surface area contributed by atoms with Gasteiger partial charge in [-0.2, -0.15) is 0 Å². The van der Waals surface area contributed by atoms with Gasteiger partial charge in [0.25, 0.3) is 0 Å². The highest BCUT2D eigenvalue weighted by Gasteiger charge is 2.28. The number of hydrogen-bond acceptors (Lipinski definition) is 3. The topological polar surface area (TPSA) is 77.9 Å². The van der Waals surface area contributed by atoms with Gasteiger partial charge >= 0.3 is 5.97 Å². The predicted octanol–water partition coefficient (Wildman–Crippen LogP) is 0.576. The Kier molecular flexibility index (Phi) is 4.02. The molecule has 20 heavy (non-hydrogen) atoms. The Balaban J connectivity index is 2.10. The summed E-state index contributed by atoms with van der Waals surface area (Å²) >= 11 is 0. The van der Waals surface area contributed by atoms with Crippen LogP contribution in [0.25, 0.3) is 0 Å². The molecule has 6 nitrogen and oxygen atoms in total. The fourth-order valence-corrected chi connectivity index (χ4v) is 2.16. The third kappa shape index (κ3) is 2.96. The van der Waals surface area contributed by atoms with Crippen LogP contribution >= 0.6 is 0 Å². The second-order valence-corrected chi connectivity index (χ2v) is 4.66. The van der Waals surface area contributed by atoms with Crippen molar-refractivity contribution in [3.05, 3.63) is 35.4 Å². The van der Waals surface area contributed by atoms with Crippen LogP contribution in [0.1, 0.15) is 22.8 Å². The molecule has 1 aromatic rings. The van der Waals surface area contributed by atoms with Crippen molar-refractivity contribution >= 4 is 17.8 Å². The number of benzene rings is 1. The summed E-state index contributed by atoms with van der Waals surface area (Å²) in [4.78, 5) is 37.6. The smallest absolute Gasteiger partial charge is 0.335 e. The van der Waals surface area contributed by atoms with Gasteiger partial charge in [-0.3, -0.25) is 9.59 Å². The average Bonchev–Trinajstić information content (AvgIpc) is 2.42. The lowest BCUT2D eigenvalue weighted by Gasteiger charge is -2.33. The number of carboxylic acids is 1. The van der Waals surface area contributed by atoms with Crippen LogP contribution in [0.15, 0.2) is 24.3 Å². The van der Waals surface area contributed by atoms with Gasteiger partial charge in [0.1, 0.15) is 6.54 Å². The minimum atomic E-state index is -1.01. The Morgan fingerprint density at radius 1 is 1.20 bits per heavy atom. The molecule has 0 spiro atoms. The minimum Gasteiger partial charge on any atom is -0.478 e. The number of hydrogen-bond donors (Lipinski definition) is 1. The molecule has 0 aromatic heterocycles. The zero-order valence-corrected chi connectivity index (χ0v) is 11.2. The van der Waals surface area contributed by atoms with Crippen molar-refractivity contribution in [2.24, 2.45) is 0 Å². The van der Waals surface area contributed by atoms with Gasteiger partial charge in [-0.1, -0.05) is 12.1 Å². The van der Waals surface area contributed by atoms with E-state index in [4.69, 9.17) is 5.11 Å². The van der Waals surface area contributed by atoms with E-state index in [1.165, 1.54) is 21.9 Å². The largest absolute Gasteiger partial charge is 0.478 e. The molecule has 1 saturated heterocycles. The first-order chi connectivity index (χ1) is 9.51. The summed E-state index contributed by atoms with van der Waals surface area (Å²) in [5.41, 5.74) is 0.879. The van der Waals surface area contributed by atoms with E-state index in [2.05, 4.69) is 0 Å². The maximum Gasteiger partial charge on any atom is 0.335 e. The predicted molar refractivity (Wildman–Crippen MR) is 71.1 cm³/mol. The van der Waals surface area contributed by atoms with Gasteiger partial charge in [0.05, 0.1) is 12.1 Å². The molecule has 106 valence electrons. The van der Waals surface area contributed by atoms with Gasteiger partial charge in [0, 0.05) is 13.1 Å². The third-order valence-electron chi connectivity index (χ3n) is 3.29.